The molecule has 0 amide bonds. The number of rotatable bonds is 6. The molecule has 0 radical (unpaired) electrons. The summed E-state index contributed by atoms with van der Waals surface area (Å²) < 4.78 is 48.4. The van der Waals surface area contributed by atoms with Crippen LogP contribution in [-0.4, -0.2) is 29.0 Å². The first-order chi connectivity index (χ1) is 16.4. The van der Waals surface area contributed by atoms with E-state index < -0.39 is 12.3 Å². The van der Waals surface area contributed by atoms with Gasteiger partial charge in [-0.1, -0.05) is 20.8 Å². The van der Waals surface area contributed by atoms with Gasteiger partial charge in [0.2, 0.25) is 5.95 Å². The van der Waals surface area contributed by atoms with Gasteiger partial charge < -0.3 is 19.4 Å². The van der Waals surface area contributed by atoms with E-state index in [-0.39, 0.29) is 11.2 Å². The van der Waals surface area contributed by atoms with Gasteiger partial charge in [0.25, 0.3) is 0 Å². The van der Waals surface area contributed by atoms with Crippen molar-refractivity contribution in [1.29, 1.82) is 0 Å². The zero-order valence-corrected chi connectivity index (χ0v) is 20.3. The number of imidazole rings is 1. The quantitative estimate of drug-likeness (QED) is 0.381. The van der Waals surface area contributed by atoms with Gasteiger partial charge in [-0.05, 0) is 79.0 Å². The van der Waals surface area contributed by atoms with Crippen LogP contribution in [0.5, 0.6) is 5.75 Å². The molecule has 1 saturated carbocycles. The first-order valence-electron chi connectivity index (χ1n) is 11.6. The molecule has 1 aliphatic carbocycles. The second kappa shape index (κ2) is 9.43. The Hall–Kier alpha value is -3.23. The molecule has 4 rings (SSSR count). The Kier molecular flexibility index (Phi) is 6.71. The van der Waals surface area contributed by atoms with Crippen molar-refractivity contribution in [3.05, 3.63) is 48.0 Å². The molecule has 3 aromatic rings. The largest absolute Gasteiger partial charge is 0.573 e. The molecule has 0 saturated heterocycles. The van der Waals surface area contributed by atoms with Crippen LogP contribution in [0.25, 0.3) is 11.0 Å². The van der Waals surface area contributed by atoms with E-state index >= 15 is 0 Å². The van der Waals surface area contributed by atoms with E-state index in [2.05, 4.69) is 35.4 Å². The summed E-state index contributed by atoms with van der Waals surface area (Å²) in [5, 5.41) is 3.24. The van der Waals surface area contributed by atoms with Gasteiger partial charge in [0.1, 0.15) is 5.75 Å². The second-order valence-corrected chi connectivity index (χ2v) is 10.2. The molecule has 2 aromatic carbocycles. The van der Waals surface area contributed by atoms with Crippen LogP contribution in [-0.2, 0) is 11.3 Å². The van der Waals surface area contributed by atoms with E-state index in [1.165, 1.54) is 37.8 Å². The van der Waals surface area contributed by atoms with Crippen LogP contribution in [0.3, 0.4) is 0 Å². The minimum absolute atomic E-state index is 0.234. The van der Waals surface area contributed by atoms with Crippen LogP contribution >= 0.6 is 0 Å². The van der Waals surface area contributed by atoms with Crippen LogP contribution in [0.15, 0.2) is 42.5 Å². The van der Waals surface area contributed by atoms with Crippen molar-refractivity contribution in [3.8, 4) is 5.75 Å². The molecule has 1 N–H and O–H groups in total. The Balaban J connectivity index is 1.68. The molecule has 6 nitrogen and oxygen atoms in total. The highest BCUT2D eigenvalue weighted by atomic mass is 19.4. The predicted molar refractivity (Wildman–Crippen MR) is 128 cm³/mol. The smallest absolute Gasteiger partial charge is 0.465 e. The van der Waals surface area contributed by atoms with Gasteiger partial charge in [-0.3, -0.25) is 0 Å². The molecule has 9 heteroatoms. The summed E-state index contributed by atoms with van der Waals surface area (Å²) in [5.74, 6) is 0.847. The van der Waals surface area contributed by atoms with Gasteiger partial charge >= 0.3 is 12.3 Å². The number of benzene rings is 2. The van der Waals surface area contributed by atoms with Gasteiger partial charge in [-0.15, -0.1) is 13.2 Å². The number of carbonyl (C=O) groups excluding carboxylic acids is 1. The number of hydrogen-bond donors (Lipinski definition) is 1. The number of nitrogens with zero attached hydrogens (tertiary/aromatic N) is 2. The van der Waals surface area contributed by atoms with Gasteiger partial charge in [0.05, 0.1) is 23.7 Å². The third kappa shape index (κ3) is 6.07. The van der Waals surface area contributed by atoms with Gasteiger partial charge in [-0.25, -0.2) is 9.78 Å². The van der Waals surface area contributed by atoms with E-state index in [1.54, 1.807) is 18.2 Å². The summed E-state index contributed by atoms with van der Waals surface area (Å²) in [6, 6.07) is 10.7. The van der Waals surface area contributed by atoms with Crippen molar-refractivity contribution in [1.82, 2.24) is 9.55 Å². The average molecular weight is 490 g/mol. The summed E-state index contributed by atoms with van der Waals surface area (Å²) in [5.41, 5.74) is 2.74. The Morgan fingerprint density at radius 3 is 2.51 bits per heavy atom. The maximum absolute atomic E-state index is 12.5. The lowest BCUT2D eigenvalue weighted by atomic mass is 9.68. The van der Waals surface area contributed by atoms with Gasteiger partial charge in [0, 0.05) is 12.2 Å². The minimum Gasteiger partial charge on any atom is -0.465 e. The van der Waals surface area contributed by atoms with Gasteiger partial charge in [-0.2, -0.15) is 0 Å². The second-order valence-electron chi connectivity index (χ2n) is 10.2. The number of carbonyl (C=O) groups is 1. The normalized spacial score (nSPS) is 20.0. The van der Waals surface area contributed by atoms with E-state index in [9.17, 15) is 18.0 Å². The zero-order valence-electron chi connectivity index (χ0n) is 20.3. The highest BCUT2D eigenvalue weighted by Gasteiger charge is 2.33. The third-order valence-electron chi connectivity index (χ3n) is 6.43. The van der Waals surface area contributed by atoms with Crippen LogP contribution in [0.2, 0.25) is 0 Å². The van der Waals surface area contributed by atoms with Crippen molar-refractivity contribution in [3.63, 3.8) is 0 Å². The van der Waals surface area contributed by atoms with E-state index in [0.29, 0.717) is 41.1 Å². The number of alkyl halides is 3. The van der Waals surface area contributed by atoms with E-state index in [4.69, 9.17) is 9.72 Å². The lowest BCUT2D eigenvalue weighted by molar-refractivity contribution is -0.274. The number of aromatic nitrogens is 2. The predicted octanol–water partition coefficient (Wildman–Crippen LogP) is 6.93. The van der Waals surface area contributed by atoms with E-state index in [0.717, 1.165) is 18.4 Å². The fraction of sp³-hybridized carbons (Fsp3) is 0.462. The lowest BCUT2D eigenvalue weighted by Gasteiger charge is -2.39. The Labute approximate surface area is 202 Å². The molecule has 0 bridgehead atoms. The molecule has 188 valence electrons. The van der Waals surface area contributed by atoms with Crippen molar-refractivity contribution in [2.24, 2.45) is 17.3 Å². The Bertz CT molecular complexity index is 1200. The fourth-order valence-electron chi connectivity index (χ4n) is 5.46. The number of halogens is 3. The Morgan fingerprint density at radius 2 is 1.89 bits per heavy atom. The number of nitrogens with one attached hydrogen (secondary N) is 1. The van der Waals surface area contributed by atoms with Crippen molar-refractivity contribution in [2.45, 2.75) is 52.9 Å². The number of ether oxygens (including phenoxy) is 2. The summed E-state index contributed by atoms with van der Waals surface area (Å²) in [4.78, 5) is 16.9. The molecule has 1 fully saturated rings. The van der Waals surface area contributed by atoms with Crippen molar-refractivity contribution >= 4 is 28.6 Å². The number of anilines is 2. The van der Waals surface area contributed by atoms with Crippen LogP contribution in [0.1, 0.15) is 50.4 Å². The molecule has 0 unspecified atom stereocenters. The maximum atomic E-state index is 12.5. The topological polar surface area (TPSA) is 65.4 Å². The van der Waals surface area contributed by atoms with Crippen LogP contribution in [0.4, 0.5) is 24.8 Å². The highest BCUT2D eigenvalue weighted by molar-refractivity contribution is 5.94. The average Bonchev–Trinajstić information content (AvgIpc) is 3.08. The summed E-state index contributed by atoms with van der Waals surface area (Å²) in [6.07, 6.45) is -1.41. The number of fused-ring (bicyclic) bond motifs is 1. The van der Waals surface area contributed by atoms with Crippen LogP contribution < -0.4 is 10.1 Å². The number of methoxy groups -OCH3 is 1. The van der Waals surface area contributed by atoms with Crippen molar-refractivity contribution < 1.29 is 27.4 Å². The number of hydrogen-bond acceptors (Lipinski definition) is 5. The van der Waals surface area contributed by atoms with Crippen LogP contribution in [0, 0.1) is 17.3 Å². The molecule has 0 aliphatic heterocycles. The fourth-order valence-corrected chi connectivity index (χ4v) is 5.46. The number of esters is 1. The Morgan fingerprint density at radius 1 is 1.17 bits per heavy atom. The zero-order chi connectivity index (χ0) is 25.4. The SMILES string of the molecule is COC(=O)c1ccc2nc(Nc3ccc(OC(F)(F)F)cc3)n(C[C@@H]3C[C@H](C)CC(C)(C)C3)c2c1. The molecule has 1 heterocycles. The van der Waals surface area contributed by atoms with Crippen molar-refractivity contribution in [2.75, 3.05) is 12.4 Å². The molecule has 2 atom stereocenters. The molecule has 35 heavy (non-hydrogen) atoms. The molecule has 1 aromatic heterocycles. The first-order valence-corrected chi connectivity index (χ1v) is 11.6. The molecular weight excluding hydrogens is 459 g/mol. The maximum Gasteiger partial charge on any atom is 0.573 e. The standard InChI is InChI=1S/C26H30F3N3O3/c1-16-11-17(14-25(2,3)13-16)15-32-22-12-18(23(33)34-4)5-10-21(22)31-24(32)30-19-6-8-20(9-7-19)35-26(27,28)29/h5-10,12,16-17H,11,13-15H2,1-4H3,(H,30,31)/t16-,17+/m0/s1. The van der Waals surface area contributed by atoms with Gasteiger partial charge in [0.15, 0.2) is 0 Å². The first kappa shape index (κ1) is 24.9. The summed E-state index contributed by atoms with van der Waals surface area (Å²) in [6.45, 7) is 7.56. The highest BCUT2D eigenvalue weighted by Crippen LogP contribution is 2.43. The summed E-state index contributed by atoms with van der Waals surface area (Å²) in [7, 11) is 1.34. The minimum atomic E-state index is -4.74. The lowest BCUT2D eigenvalue weighted by Crippen LogP contribution is -2.30. The monoisotopic (exact) mass is 489 g/mol. The molecule has 1 aliphatic rings. The molecular formula is C26H30F3N3O3. The van der Waals surface area contributed by atoms with E-state index in [1.807, 2.05) is 0 Å². The third-order valence-corrected chi connectivity index (χ3v) is 6.43. The summed E-state index contributed by atoms with van der Waals surface area (Å²) >= 11 is 0. The molecule has 0 spiro atoms.